The molecule has 0 unspecified atom stereocenters. The van der Waals surface area contributed by atoms with Crippen LogP contribution in [0.5, 0.6) is 5.75 Å². The molecule has 15 heteroatoms. The van der Waals surface area contributed by atoms with E-state index in [0.717, 1.165) is 18.2 Å². The van der Waals surface area contributed by atoms with Crippen LogP contribution in [0.1, 0.15) is 32.8 Å². The number of carbonyl (C=O) groups excluding carboxylic acids is 1. The van der Waals surface area contributed by atoms with Crippen molar-refractivity contribution in [1.82, 2.24) is 9.78 Å². The number of hydrogen-bond acceptors (Lipinski definition) is 7. The second-order valence-corrected chi connectivity index (χ2v) is 11.8. The summed E-state index contributed by atoms with van der Waals surface area (Å²) in [6.45, 7) is 3.29. The number of sulfonamides is 1. The second-order valence-electron chi connectivity index (χ2n) is 9.64. The molecule has 1 aliphatic heterocycles. The number of hydrogen-bond donors (Lipinski definition) is 1. The largest absolute Gasteiger partial charge is 0.486 e. The maximum Gasteiger partial charge on any atom is 0.427 e. The standard InChI is InChI=1S/C23H25ClF3N3O7S/c1-4-29-11-18(20(24)28-29)38(34,35)30-10-17(13-9-14(13)21(32)33)36-16-6-5-12(7-15(16)30)8-19(31)37-22(2,3)23(25,26)27/h5-7,11,13-14,17H,4,8-10H2,1-3H3,(H,32,33)/t13-,14-,17+/m0/s1. The average Bonchev–Trinajstić information content (AvgIpc) is 3.52. The Morgan fingerprint density at radius 1 is 1.29 bits per heavy atom. The van der Waals surface area contributed by atoms with Gasteiger partial charge >= 0.3 is 18.1 Å². The van der Waals surface area contributed by atoms with Crippen LogP contribution < -0.4 is 9.04 Å². The normalized spacial score (nSPS) is 21.4. The summed E-state index contributed by atoms with van der Waals surface area (Å²) in [7, 11) is -4.34. The maximum absolute atomic E-state index is 13.7. The van der Waals surface area contributed by atoms with Crippen LogP contribution in [-0.2, 0) is 37.3 Å². The molecule has 1 aliphatic carbocycles. The molecule has 3 atom stereocenters. The van der Waals surface area contributed by atoms with Crippen molar-refractivity contribution >= 4 is 39.3 Å². The van der Waals surface area contributed by atoms with E-state index >= 15 is 0 Å². The summed E-state index contributed by atoms with van der Waals surface area (Å²) in [6, 6.07) is 4.10. The lowest BCUT2D eigenvalue weighted by atomic mass is 10.1. The summed E-state index contributed by atoms with van der Waals surface area (Å²) in [5.74, 6) is -3.17. The van der Waals surface area contributed by atoms with Gasteiger partial charge in [-0.2, -0.15) is 18.3 Å². The van der Waals surface area contributed by atoms with Gasteiger partial charge in [0.25, 0.3) is 10.0 Å². The first-order chi connectivity index (χ1) is 17.5. The number of benzene rings is 1. The van der Waals surface area contributed by atoms with Gasteiger partial charge in [-0.3, -0.25) is 18.6 Å². The molecule has 2 heterocycles. The highest BCUT2D eigenvalue weighted by Gasteiger charge is 2.53. The van der Waals surface area contributed by atoms with Gasteiger partial charge in [0.15, 0.2) is 5.15 Å². The predicted molar refractivity (Wildman–Crippen MR) is 127 cm³/mol. The minimum atomic E-state index is -4.79. The zero-order valence-electron chi connectivity index (χ0n) is 20.5. The highest BCUT2D eigenvalue weighted by atomic mass is 35.5. The van der Waals surface area contributed by atoms with Gasteiger partial charge in [-0.25, -0.2) is 8.42 Å². The molecule has 1 fully saturated rings. The van der Waals surface area contributed by atoms with Gasteiger partial charge in [-0.1, -0.05) is 17.7 Å². The number of carboxylic acid groups (broad SMARTS) is 1. The molecule has 38 heavy (non-hydrogen) atoms. The Bertz CT molecular complexity index is 1380. The zero-order valence-corrected chi connectivity index (χ0v) is 22.1. The smallest absolute Gasteiger partial charge is 0.427 e. The molecule has 2 aliphatic rings. The topological polar surface area (TPSA) is 128 Å². The van der Waals surface area contributed by atoms with Gasteiger partial charge in [0, 0.05) is 18.7 Å². The quantitative estimate of drug-likeness (QED) is 0.469. The molecule has 0 spiro atoms. The SMILES string of the molecule is CCn1cc(S(=O)(=O)N2C[C@H]([C@H]3C[C@@H]3C(=O)O)Oc3ccc(CC(=O)OC(C)(C)C(F)(F)F)cc32)c(Cl)n1. The Hall–Kier alpha value is -3.00. The fourth-order valence-electron chi connectivity index (χ4n) is 4.17. The van der Waals surface area contributed by atoms with Gasteiger partial charge < -0.3 is 14.6 Å². The minimum Gasteiger partial charge on any atom is -0.486 e. The number of aliphatic carboxylic acids is 1. The van der Waals surface area contributed by atoms with Crippen LogP contribution in [-0.4, -0.2) is 59.7 Å². The minimum absolute atomic E-state index is 0.0227. The number of esters is 1. The van der Waals surface area contributed by atoms with Crippen LogP contribution in [0.4, 0.5) is 18.9 Å². The van der Waals surface area contributed by atoms with Gasteiger partial charge in [0.1, 0.15) is 16.7 Å². The van der Waals surface area contributed by atoms with Crippen LogP contribution in [0.2, 0.25) is 5.15 Å². The third-order valence-electron chi connectivity index (χ3n) is 6.53. The van der Waals surface area contributed by atoms with Crippen molar-refractivity contribution in [2.24, 2.45) is 11.8 Å². The van der Waals surface area contributed by atoms with E-state index in [-0.39, 0.29) is 33.6 Å². The molecular weight excluding hydrogens is 555 g/mol. The Kier molecular flexibility index (Phi) is 7.10. The van der Waals surface area contributed by atoms with E-state index in [9.17, 15) is 36.3 Å². The second kappa shape index (κ2) is 9.63. The Morgan fingerprint density at radius 3 is 2.53 bits per heavy atom. The third-order valence-corrected chi connectivity index (χ3v) is 8.70. The van der Waals surface area contributed by atoms with E-state index in [1.165, 1.54) is 29.1 Å². The molecule has 208 valence electrons. The Morgan fingerprint density at radius 2 is 1.97 bits per heavy atom. The molecule has 1 saturated carbocycles. The van der Waals surface area contributed by atoms with E-state index < -0.39 is 58.1 Å². The summed E-state index contributed by atoms with van der Waals surface area (Å²) >= 11 is 6.13. The molecule has 0 saturated heterocycles. The molecule has 1 aromatic carbocycles. The zero-order chi connectivity index (χ0) is 28.2. The summed E-state index contributed by atoms with van der Waals surface area (Å²) in [5.41, 5.74) is -2.51. The van der Waals surface area contributed by atoms with Gasteiger partial charge in [-0.05, 0) is 44.9 Å². The van der Waals surface area contributed by atoms with Crippen molar-refractivity contribution in [3.05, 3.63) is 35.1 Å². The van der Waals surface area contributed by atoms with E-state index in [2.05, 4.69) is 9.84 Å². The summed E-state index contributed by atoms with van der Waals surface area (Å²) < 4.78 is 79.8. The molecule has 0 bridgehead atoms. The number of aromatic nitrogens is 2. The number of fused-ring (bicyclic) bond motifs is 1. The Balaban J connectivity index is 1.68. The lowest BCUT2D eigenvalue weighted by Gasteiger charge is -2.36. The number of rotatable bonds is 8. The molecule has 2 aromatic rings. The number of aryl methyl sites for hydroxylation is 1. The number of halogens is 4. The fourth-order valence-corrected chi connectivity index (χ4v) is 6.10. The highest BCUT2D eigenvalue weighted by Crippen LogP contribution is 2.48. The number of nitrogens with zero attached hydrogens (tertiary/aromatic N) is 3. The van der Waals surface area contributed by atoms with Crippen LogP contribution in [0.3, 0.4) is 0 Å². The Labute approximate surface area is 221 Å². The first-order valence-electron chi connectivity index (χ1n) is 11.6. The first kappa shape index (κ1) is 28.0. The van der Waals surface area contributed by atoms with Crippen molar-refractivity contribution in [3.63, 3.8) is 0 Å². The van der Waals surface area contributed by atoms with Crippen LogP contribution in [0, 0.1) is 11.8 Å². The van der Waals surface area contributed by atoms with Crippen LogP contribution in [0.25, 0.3) is 0 Å². The predicted octanol–water partition coefficient (Wildman–Crippen LogP) is 3.66. The molecular formula is C23H25ClF3N3O7S. The molecule has 1 N–H and O–H groups in total. The molecule has 0 radical (unpaired) electrons. The van der Waals surface area contributed by atoms with Crippen molar-refractivity contribution in [2.75, 3.05) is 10.8 Å². The van der Waals surface area contributed by atoms with Gasteiger partial charge in [0.2, 0.25) is 5.60 Å². The molecule has 4 rings (SSSR count). The van der Waals surface area contributed by atoms with Crippen molar-refractivity contribution in [1.29, 1.82) is 0 Å². The highest BCUT2D eigenvalue weighted by molar-refractivity contribution is 7.93. The number of anilines is 1. The third kappa shape index (κ3) is 5.28. The summed E-state index contributed by atoms with van der Waals surface area (Å²) in [5, 5.41) is 13.1. The van der Waals surface area contributed by atoms with E-state index in [1.54, 1.807) is 6.92 Å². The summed E-state index contributed by atoms with van der Waals surface area (Å²) in [4.78, 5) is 23.4. The lowest BCUT2D eigenvalue weighted by Crippen LogP contribution is -2.45. The number of carboxylic acids is 1. The monoisotopic (exact) mass is 579 g/mol. The molecule has 1 aromatic heterocycles. The fraction of sp³-hybridized carbons (Fsp3) is 0.522. The molecule has 0 amide bonds. The number of alkyl halides is 3. The van der Waals surface area contributed by atoms with Gasteiger partial charge in [0.05, 0.1) is 24.6 Å². The maximum atomic E-state index is 13.7. The molecule has 10 nitrogen and oxygen atoms in total. The first-order valence-corrected chi connectivity index (χ1v) is 13.4. The van der Waals surface area contributed by atoms with Crippen molar-refractivity contribution < 1.29 is 45.8 Å². The van der Waals surface area contributed by atoms with Gasteiger partial charge in [-0.15, -0.1) is 0 Å². The number of ether oxygens (including phenoxy) is 2. The van der Waals surface area contributed by atoms with Crippen LogP contribution in [0.15, 0.2) is 29.3 Å². The van der Waals surface area contributed by atoms with Crippen molar-refractivity contribution in [3.8, 4) is 5.75 Å². The summed E-state index contributed by atoms with van der Waals surface area (Å²) in [6.07, 6.45) is -4.55. The average molecular weight is 580 g/mol. The lowest BCUT2D eigenvalue weighted by molar-refractivity contribution is -0.257. The van der Waals surface area contributed by atoms with E-state index in [0.29, 0.717) is 13.0 Å². The van der Waals surface area contributed by atoms with E-state index in [4.69, 9.17) is 16.3 Å². The van der Waals surface area contributed by atoms with Crippen LogP contribution >= 0.6 is 11.6 Å². The number of carbonyl (C=O) groups is 2. The van der Waals surface area contributed by atoms with Crippen molar-refractivity contribution in [2.45, 2.75) is 62.9 Å². The van der Waals surface area contributed by atoms with E-state index in [1.807, 2.05) is 0 Å².